The molecule has 0 bridgehead atoms. The highest BCUT2D eigenvalue weighted by atomic mass is 16.5. The van der Waals surface area contributed by atoms with Crippen LogP contribution in [0.25, 0.3) is 0 Å². The summed E-state index contributed by atoms with van der Waals surface area (Å²) in [5, 5.41) is 7.13. The van der Waals surface area contributed by atoms with E-state index in [1.807, 2.05) is 25.2 Å². The van der Waals surface area contributed by atoms with Crippen LogP contribution in [0.1, 0.15) is 31.2 Å². The van der Waals surface area contributed by atoms with Gasteiger partial charge in [0.1, 0.15) is 0 Å². The molecule has 4 rings (SSSR count). The fraction of sp³-hybridized carbons (Fsp3) is 0.650. The zero-order valence-electron chi connectivity index (χ0n) is 15.9. The number of nitrogens with zero attached hydrogens (tertiary/aromatic N) is 1. The van der Waals surface area contributed by atoms with Crippen LogP contribution in [-0.2, 0) is 11.3 Å². The number of nitrogens with one attached hydrogen (secondary N) is 2. The van der Waals surface area contributed by atoms with Gasteiger partial charge in [-0.1, -0.05) is 12.5 Å². The molecule has 3 fully saturated rings. The van der Waals surface area contributed by atoms with Crippen LogP contribution in [0.4, 0.5) is 0 Å². The number of hydrogen-bond acceptors (Lipinski definition) is 4. The molecule has 2 N–H and O–H groups in total. The Balaban J connectivity index is 1.38. The first-order valence-corrected chi connectivity index (χ1v) is 9.51. The lowest BCUT2D eigenvalue weighted by molar-refractivity contribution is -0.171. The molecule has 6 nitrogen and oxygen atoms in total. The first kappa shape index (κ1) is 17.5. The van der Waals surface area contributed by atoms with Crippen LogP contribution in [0.3, 0.4) is 0 Å². The van der Waals surface area contributed by atoms with Gasteiger partial charge in [-0.3, -0.25) is 4.99 Å². The van der Waals surface area contributed by atoms with Gasteiger partial charge in [0, 0.05) is 37.6 Å². The Morgan fingerprint density at radius 3 is 2.73 bits per heavy atom. The van der Waals surface area contributed by atoms with Crippen LogP contribution in [0, 0.1) is 11.3 Å². The molecular weight excluding hydrogens is 330 g/mol. The van der Waals surface area contributed by atoms with Gasteiger partial charge < -0.3 is 24.8 Å². The van der Waals surface area contributed by atoms with E-state index >= 15 is 0 Å². The van der Waals surface area contributed by atoms with Crippen LogP contribution in [0.15, 0.2) is 23.2 Å². The number of aliphatic imine (C=N–C) groups is 1. The summed E-state index contributed by atoms with van der Waals surface area (Å²) in [7, 11) is 5.14. The molecule has 3 unspecified atom stereocenters. The zero-order valence-corrected chi connectivity index (χ0v) is 15.9. The van der Waals surface area contributed by atoms with Gasteiger partial charge in [0.25, 0.3) is 0 Å². The van der Waals surface area contributed by atoms with Crippen molar-refractivity contribution in [3.8, 4) is 11.5 Å². The second-order valence-corrected chi connectivity index (χ2v) is 7.57. The Kier molecular flexibility index (Phi) is 4.69. The van der Waals surface area contributed by atoms with Crippen molar-refractivity contribution in [1.82, 2.24) is 10.6 Å². The van der Waals surface area contributed by atoms with Gasteiger partial charge in [-0.15, -0.1) is 0 Å². The van der Waals surface area contributed by atoms with E-state index in [0.29, 0.717) is 30.0 Å². The first-order chi connectivity index (χ1) is 12.7. The van der Waals surface area contributed by atoms with Crippen LogP contribution in [0.2, 0.25) is 0 Å². The maximum Gasteiger partial charge on any atom is 0.191 e. The minimum absolute atomic E-state index is 0.349. The molecule has 142 valence electrons. The van der Waals surface area contributed by atoms with Crippen molar-refractivity contribution in [1.29, 1.82) is 0 Å². The van der Waals surface area contributed by atoms with Gasteiger partial charge >= 0.3 is 0 Å². The first-order valence-electron chi connectivity index (χ1n) is 9.51. The van der Waals surface area contributed by atoms with Crippen molar-refractivity contribution in [3.63, 3.8) is 0 Å². The minimum atomic E-state index is 0.349. The van der Waals surface area contributed by atoms with E-state index in [1.165, 1.54) is 19.3 Å². The monoisotopic (exact) mass is 359 g/mol. The maximum atomic E-state index is 6.01. The van der Waals surface area contributed by atoms with Crippen molar-refractivity contribution in [3.05, 3.63) is 23.8 Å². The van der Waals surface area contributed by atoms with Crippen molar-refractivity contribution in [2.24, 2.45) is 16.3 Å². The van der Waals surface area contributed by atoms with E-state index in [0.717, 1.165) is 36.0 Å². The molecule has 1 aromatic rings. The number of rotatable bonds is 5. The van der Waals surface area contributed by atoms with E-state index < -0.39 is 0 Å². The van der Waals surface area contributed by atoms with E-state index in [-0.39, 0.29) is 0 Å². The Labute approximate surface area is 155 Å². The Morgan fingerprint density at radius 2 is 2.08 bits per heavy atom. The van der Waals surface area contributed by atoms with Crippen LogP contribution in [0.5, 0.6) is 11.5 Å². The number of fused-ring (bicyclic) bond motifs is 2. The SMILES string of the molecule is CN=C(NCc1ccc(OC)c(OC)c1)NC1C2CCOC2C12CCC2. The molecule has 1 spiro atoms. The quantitative estimate of drug-likeness (QED) is 0.624. The molecule has 3 aliphatic rings. The number of methoxy groups -OCH3 is 2. The Morgan fingerprint density at radius 1 is 1.27 bits per heavy atom. The lowest BCUT2D eigenvalue weighted by atomic mass is 9.46. The fourth-order valence-corrected chi connectivity index (χ4v) is 4.97. The normalized spacial score (nSPS) is 28.7. The predicted octanol–water partition coefficient (Wildman–Crippen LogP) is 2.33. The summed E-state index contributed by atoms with van der Waals surface area (Å²) in [4.78, 5) is 4.44. The second kappa shape index (κ2) is 6.99. The van der Waals surface area contributed by atoms with Crippen molar-refractivity contribution in [2.45, 2.75) is 44.4 Å². The van der Waals surface area contributed by atoms with Crippen molar-refractivity contribution >= 4 is 5.96 Å². The van der Waals surface area contributed by atoms with E-state index in [9.17, 15) is 0 Å². The van der Waals surface area contributed by atoms with Gasteiger partial charge in [0.15, 0.2) is 17.5 Å². The highest BCUT2D eigenvalue weighted by Gasteiger charge is 2.66. The smallest absolute Gasteiger partial charge is 0.191 e. The van der Waals surface area contributed by atoms with Crippen LogP contribution < -0.4 is 20.1 Å². The van der Waals surface area contributed by atoms with E-state index in [4.69, 9.17) is 14.2 Å². The third kappa shape index (κ3) is 2.71. The average molecular weight is 359 g/mol. The molecule has 0 amide bonds. The summed E-state index contributed by atoms with van der Waals surface area (Å²) < 4.78 is 16.7. The van der Waals surface area contributed by atoms with Crippen LogP contribution >= 0.6 is 0 Å². The summed E-state index contributed by atoms with van der Waals surface area (Å²) in [6.45, 7) is 1.59. The highest BCUT2D eigenvalue weighted by Crippen LogP contribution is 2.62. The molecule has 0 aromatic heterocycles. The molecule has 1 heterocycles. The van der Waals surface area contributed by atoms with Gasteiger partial charge in [-0.2, -0.15) is 0 Å². The van der Waals surface area contributed by atoms with Gasteiger partial charge in [-0.25, -0.2) is 0 Å². The molecule has 1 saturated heterocycles. The number of benzene rings is 1. The lowest BCUT2D eigenvalue weighted by Gasteiger charge is -2.63. The van der Waals surface area contributed by atoms with Crippen LogP contribution in [-0.4, -0.2) is 46.0 Å². The summed E-state index contributed by atoms with van der Waals surface area (Å²) in [6.07, 6.45) is 5.51. The molecule has 6 heteroatoms. The average Bonchev–Trinajstić information content (AvgIpc) is 3.05. The number of ether oxygens (including phenoxy) is 3. The minimum Gasteiger partial charge on any atom is -0.493 e. The van der Waals surface area contributed by atoms with Crippen molar-refractivity contribution in [2.75, 3.05) is 27.9 Å². The maximum absolute atomic E-state index is 6.01. The molecule has 3 atom stereocenters. The van der Waals surface area contributed by atoms with Gasteiger partial charge in [0.2, 0.25) is 0 Å². The van der Waals surface area contributed by atoms with Gasteiger partial charge in [-0.05, 0) is 37.0 Å². The number of hydrogen-bond donors (Lipinski definition) is 2. The zero-order chi connectivity index (χ0) is 18.1. The molecule has 1 aliphatic heterocycles. The van der Waals surface area contributed by atoms with E-state index in [2.05, 4.69) is 15.6 Å². The van der Waals surface area contributed by atoms with Gasteiger partial charge in [0.05, 0.1) is 20.3 Å². The third-order valence-electron chi connectivity index (χ3n) is 6.46. The molecule has 1 aromatic carbocycles. The Hall–Kier alpha value is -1.95. The summed E-state index contributed by atoms with van der Waals surface area (Å²) >= 11 is 0. The molecule has 0 radical (unpaired) electrons. The summed E-state index contributed by atoms with van der Waals surface area (Å²) in [5.41, 5.74) is 1.47. The predicted molar refractivity (Wildman–Crippen MR) is 101 cm³/mol. The molecule has 2 aliphatic carbocycles. The van der Waals surface area contributed by atoms with Crippen molar-refractivity contribution < 1.29 is 14.2 Å². The standard InChI is InChI=1S/C20H29N3O3/c1-21-19(22-12-13-5-6-15(24-2)16(11-13)25-3)23-17-14-7-10-26-18(14)20(17)8-4-9-20/h5-6,11,14,17-18H,4,7-10,12H2,1-3H3,(H2,21,22,23). The topological polar surface area (TPSA) is 64.1 Å². The highest BCUT2D eigenvalue weighted by molar-refractivity contribution is 5.80. The molecule has 2 saturated carbocycles. The lowest BCUT2D eigenvalue weighted by Crippen LogP contribution is -2.72. The second-order valence-electron chi connectivity index (χ2n) is 7.57. The van der Waals surface area contributed by atoms with E-state index in [1.54, 1.807) is 14.2 Å². The Bertz CT molecular complexity index is 687. The molecule has 26 heavy (non-hydrogen) atoms. The number of guanidine groups is 1. The fourth-order valence-electron chi connectivity index (χ4n) is 4.97. The largest absolute Gasteiger partial charge is 0.493 e. The third-order valence-corrected chi connectivity index (χ3v) is 6.46. The molecular formula is C20H29N3O3. The summed E-state index contributed by atoms with van der Waals surface area (Å²) in [5.74, 6) is 2.98. The summed E-state index contributed by atoms with van der Waals surface area (Å²) in [6, 6.07) is 6.46.